The third-order valence-corrected chi connectivity index (χ3v) is 3.67. The number of carbonyl (C=O) groups excluding carboxylic acids is 1. The monoisotopic (exact) mass is 363 g/mol. The van der Waals surface area contributed by atoms with E-state index in [1.54, 1.807) is 36.4 Å². The maximum Gasteiger partial charge on any atom is 0.411 e. The van der Waals surface area contributed by atoms with Crippen LogP contribution in [0.3, 0.4) is 0 Å². The maximum atomic E-state index is 12.1. The van der Waals surface area contributed by atoms with E-state index in [1.165, 1.54) is 0 Å². The zero-order valence-corrected chi connectivity index (χ0v) is 13.6. The van der Waals surface area contributed by atoms with Crippen LogP contribution in [0.4, 0.5) is 13.2 Å². The third kappa shape index (κ3) is 4.64. The lowest BCUT2D eigenvalue weighted by molar-refractivity contribution is -0.175. The fourth-order valence-electron chi connectivity index (χ4n) is 2.57. The molecule has 1 unspecified atom stereocenters. The van der Waals surface area contributed by atoms with E-state index < -0.39 is 31.3 Å². The first-order valence-corrected chi connectivity index (χ1v) is 7.90. The summed E-state index contributed by atoms with van der Waals surface area (Å²) in [6.45, 7) is -2.16. The van der Waals surface area contributed by atoms with E-state index in [9.17, 15) is 18.0 Å². The number of benzene rings is 2. The molecular formula is C19H16F3NO3. The SMILES string of the molecule is O=C(COCC(F)(F)F)NC(c1ccccc1)c1cc2ccccc2o1. The molecule has 2 aromatic carbocycles. The van der Waals surface area contributed by atoms with Gasteiger partial charge in [0.05, 0.1) is 0 Å². The Labute approximate surface area is 147 Å². The van der Waals surface area contributed by atoms with Crippen LogP contribution in [0.1, 0.15) is 17.4 Å². The normalized spacial score (nSPS) is 12.9. The van der Waals surface area contributed by atoms with Gasteiger partial charge in [-0.1, -0.05) is 48.5 Å². The topological polar surface area (TPSA) is 51.5 Å². The van der Waals surface area contributed by atoms with Gasteiger partial charge in [-0.3, -0.25) is 4.79 Å². The van der Waals surface area contributed by atoms with Gasteiger partial charge in [-0.05, 0) is 17.7 Å². The highest BCUT2D eigenvalue weighted by Gasteiger charge is 2.28. The van der Waals surface area contributed by atoms with Crippen molar-refractivity contribution in [3.63, 3.8) is 0 Å². The van der Waals surface area contributed by atoms with Crippen molar-refractivity contribution in [2.45, 2.75) is 12.2 Å². The molecule has 0 saturated carbocycles. The fraction of sp³-hybridized carbons (Fsp3) is 0.211. The Bertz CT molecular complexity index is 841. The Hall–Kier alpha value is -2.80. The Morgan fingerprint density at radius 3 is 2.46 bits per heavy atom. The number of hydrogen-bond acceptors (Lipinski definition) is 3. The van der Waals surface area contributed by atoms with Crippen molar-refractivity contribution in [1.82, 2.24) is 5.32 Å². The predicted molar refractivity (Wildman–Crippen MR) is 89.5 cm³/mol. The Morgan fingerprint density at radius 1 is 1.08 bits per heavy atom. The minimum atomic E-state index is -4.47. The average Bonchev–Trinajstić information content (AvgIpc) is 3.03. The van der Waals surface area contributed by atoms with Crippen LogP contribution in [-0.2, 0) is 9.53 Å². The molecule has 136 valence electrons. The van der Waals surface area contributed by atoms with Crippen molar-refractivity contribution >= 4 is 16.9 Å². The molecule has 1 heterocycles. The van der Waals surface area contributed by atoms with E-state index in [-0.39, 0.29) is 0 Å². The zero-order chi connectivity index (χ0) is 18.6. The number of carbonyl (C=O) groups is 1. The molecule has 0 fully saturated rings. The molecule has 0 aliphatic carbocycles. The average molecular weight is 363 g/mol. The number of rotatable bonds is 6. The quantitative estimate of drug-likeness (QED) is 0.714. The lowest BCUT2D eigenvalue weighted by atomic mass is 10.0. The summed E-state index contributed by atoms with van der Waals surface area (Å²) >= 11 is 0. The molecule has 3 aromatic rings. The number of alkyl halides is 3. The Morgan fingerprint density at radius 2 is 1.77 bits per heavy atom. The van der Waals surface area contributed by atoms with E-state index in [4.69, 9.17) is 4.42 Å². The molecule has 7 heteroatoms. The second kappa shape index (κ2) is 7.61. The summed E-state index contributed by atoms with van der Waals surface area (Å²) in [5, 5.41) is 3.54. The van der Waals surface area contributed by atoms with Crippen LogP contribution < -0.4 is 5.32 Å². The summed E-state index contributed by atoms with van der Waals surface area (Å²) in [7, 11) is 0. The van der Waals surface area contributed by atoms with Gasteiger partial charge in [0.1, 0.15) is 30.6 Å². The van der Waals surface area contributed by atoms with Crippen molar-refractivity contribution in [3.8, 4) is 0 Å². The second-order valence-corrected chi connectivity index (χ2v) is 5.71. The summed E-state index contributed by atoms with van der Waals surface area (Å²) in [4.78, 5) is 12.1. The molecule has 1 aromatic heterocycles. The van der Waals surface area contributed by atoms with Crippen LogP contribution in [0.5, 0.6) is 0 Å². The first kappa shape index (κ1) is 18.0. The van der Waals surface area contributed by atoms with Crippen LogP contribution >= 0.6 is 0 Å². The zero-order valence-electron chi connectivity index (χ0n) is 13.6. The molecular weight excluding hydrogens is 347 g/mol. The van der Waals surface area contributed by atoms with Gasteiger partial charge in [0.15, 0.2) is 0 Å². The number of halogens is 3. The standard InChI is InChI=1S/C19H16F3NO3/c20-19(21,22)12-25-11-17(24)23-18(13-6-2-1-3-7-13)16-10-14-8-4-5-9-15(14)26-16/h1-10,18H,11-12H2,(H,23,24). The largest absolute Gasteiger partial charge is 0.459 e. The molecule has 0 spiro atoms. The van der Waals surface area contributed by atoms with E-state index in [1.807, 2.05) is 24.3 Å². The summed E-state index contributed by atoms with van der Waals surface area (Å²) in [6.07, 6.45) is -4.47. The molecule has 1 atom stereocenters. The van der Waals surface area contributed by atoms with Crippen molar-refractivity contribution in [2.24, 2.45) is 0 Å². The predicted octanol–water partition coefficient (Wildman–Crippen LogP) is 4.22. The van der Waals surface area contributed by atoms with Gasteiger partial charge < -0.3 is 14.5 Å². The highest BCUT2D eigenvalue weighted by atomic mass is 19.4. The minimum Gasteiger partial charge on any atom is -0.459 e. The van der Waals surface area contributed by atoms with Crippen LogP contribution in [0.15, 0.2) is 65.1 Å². The molecule has 0 saturated heterocycles. The van der Waals surface area contributed by atoms with Gasteiger partial charge in [0, 0.05) is 5.39 Å². The number of para-hydroxylation sites is 1. The molecule has 0 bridgehead atoms. The highest BCUT2D eigenvalue weighted by molar-refractivity contribution is 5.80. The molecule has 26 heavy (non-hydrogen) atoms. The lowest BCUT2D eigenvalue weighted by Gasteiger charge is -2.17. The van der Waals surface area contributed by atoms with E-state index in [0.29, 0.717) is 11.3 Å². The van der Waals surface area contributed by atoms with Crippen LogP contribution in [0.25, 0.3) is 11.0 Å². The van der Waals surface area contributed by atoms with Gasteiger partial charge in [0.25, 0.3) is 0 Å². The lowest BCUT2D eigenvalue weighted by Crippen LogP contribution is -2.33. The number of amides is 1. The molecule has 0 radical (unpaired) electrons. The van der Waals surface area contributed by atoms with E-state index >= 15 is 0 Å². The second-order valence-electron chi connectivity index (χ2n) is 5.71. The molecule has 3 rings (SSSR count). The number of nitrogens with one attached hydrogen (secondary N) is 1. The minimum absolute atomic E-state index is 0.488. The van der Waals surface area contributed by atoms with E-state index in [0.717, 1.165) is 10.9 Å². The highest BCUT2D eigenvalue weighted by Crippen LogP contribution is 2.28. The molecule has 1 amide bonds. The van der Waals surface area contributed by atoms with Gasteiger partial charge in [-0.2, -0.15) is 13.2 Å². The van der Waals surface area contributed by atoms with Crippen LogP contribution in [0, 0.1) is 0 Å². The number of ether oxygens (including phenoxy) is 1. The number of hydrogen-bond donors (Lipinski definition) is 1. The van der Waals surface area contributed by atoms with Crippen molar-refractivity contribution in [3.05, 3.63) is 72.0 Å². The third-order valence-electron chi connectivity index (χ3n) is 3.67. The van der Waals surface area contributed by atoms with Crippen molar-refractivity contribution in [1.29, 1.82) is 0 Å². The molecule has 0 aliphatic rings. The maximum absolute atomic E-state index is 12.1. The van der Waals surface area contributed by atoms with E-state index in [2.05, 4.69) is 10.1 Å². The summed E-state index contributed by atoms with van der Waals surface area (Å²) < 4.78 is 46.7. The molecule has 4 nitrogen and oxygen atoms in total. The summed E-state index contributed by atoms with van der Waals surface area (Å²) in [5.41, 5.74) is 1.40. The number of fused-ring (bicyclic) bond motifs is 1. The van der Waals surface area contributed by atoms with Gasteiger partial charge in [-0.15, -0.1) is 0 Å². The first-order chi connectivity index (χ1) is 12.4. The Kier molecular flexibility index (Phi) is 5.27. The smallest absolute Gasteiger partial charge is 0.411 e. The van der Waals surface area contributed by atoms with Gasteiger partial charge >= 0.3 is 6.18 Å². The Balaban J connectivity index is 1.79. The van der Waals surface area contributed by atoms with Gasteiger partial charge in [0.2, 0.25) is 5.91 Å². The number of furan rings is 1. The molecule has 1 N–H and O–H groups in total. The fourth-order valence-corrected chi connectivity index (χ4v) is 2.57. The molecule has 0 aliphatic heterocycles. The summed E-state index contributed by atoms with van der Waals surface area (Å²) in [6, 6.07) is 17.6. The van der Waals surface area contributed by atoms with Gasteiger partial charge in [-0.25, -0.2) is 0 Å². The van der Waals surface area contributed by atoms with Crippen molar-refractivity contribution in [2.75, 3.05) is 13.2 Å². The van der Waals surface area contributed by atoms with Crippen LogP contribution in [0.2, 0.25) is 0 Å². The van der Waals surface area contributed by atoms with Crippen molar-refractivity contribution < 1.29 is 27.1 Å². The summed E-state index contributed by atoms with van der Waals surface area (Å²) in [5.74, 6) is -0.176. The first-order valence-electron chi connectivity index (χ1n) is 7.90. The van der Waals surface area contributed by atoms with Crippen LogP contribution in [-0.4, -0.2) is 25.3 Å².